The first kappa shape index (κ1) is 22.5. The van der Waals surface area contributed by atoms with Gasteiger partial charge in [0.15, 0.2) is 5.82 Å². The number of carbonyl (C=O) groups excluding carboxylic acids is 1. The van der Waals surface area contributed by atoms with Gasteiger partial charge >= 0.3 is 0 Å². The van der Waals surface area contributed by atoms with Gasteiger partial charge < -0.3 is 4.85 Å². The number of benzene rings is 2. The van der Waals surface area contributed by atoms with E-state index in [4.69, 9.17) is 16.5 Å². The highest BCUT2D eigenvalue weighted by molar-refractivity contribution is 5.93. The predicted octanol–water partition coefficient (Wildman–Crippen LogP) is 6.21. The van der Waals surface area contributed by atoms with E-state index in [1.165, 1.54) is 6.07 Å². The summed E-state index contributed by atoms with van der Waals surface area (Å²) in [6.45, 7) is 11.8. The van der Waals surface area contributed by atoms with Crippen LogP contribution < -0.4 is 0 Å². The number of carbonyl (C=O) groups is 1. The summed E-state index contributed by atoms with van der Waals surface area (Å²) in [6, 6.07) is 15.7. The topological polar surface area (TPSA) is 60.1 Å². The molecule has 0 spiro atoms. The fourth-order valence-electron chi connectivity index (χ4n) is 6.44. The van der Waals surface area contributed by atoms with Crippen LogP contribution in [0, 0.1) is 24.2 Å². The smallest absolute Gasteiger partial charge is 0.282 e. The summed E-state index contributed by atoms with van der Waals surface area (Å²) in [6.07, 6.45) is 3.60. The van der Waals surface area contributed by atoms with Crippen LogP contribution in [0.25, 0.3) is 38.4 Å². The monoisotopic (exact) mass is 476 g/mol. The van der Waals surface area contributed by atoms with Gasteiger partial charge in [-0.2, -0.15) is 0 Å². The summed E-state index contributed by atoms with van der Waals surface area (Å²) < 4.78 is 15.1. The third-order valence-electron chi connectivity index (χ3n) is 8.24. The normalized spacial score (nSPS) is 25.2. The van der Waals surface area contributed by atoms with Gasteiger partial charge in [0.05, 0.1) is 16.9 Å². The molecule has 2 aromatic carbocycles. The second-order valence-electron chi connectivity index (χ2n) is 10.2. The molecule has 1 saturated carbocycles. The molecule has 1 unspecified atom stereocenters. The first-order valence-electron chi connectivity index (χ1n) is 12.3. The number of pyridine rings is 1. The maximum Gasteiger partial charge on any atom is 0.282 e. The SMILES string of the molecule is [C-]#[N+]C1C[C@@]2(C)c3nc(-c4ccnc5ccccc45)nc(-c4ccccc4F)c3CC[C@H]2[C@@H](C)C1=O. The molecule has 0 aliphatic heterocycles. The number of aromatic nitrogens is 3. The van der Waals surface area contributed by atoms with E-state index in [0.717, 1.165) is 34.1 Å². The Kier molecular flexibility index (Phi) is 5.19. The molecule has 0 bridgehead atoms. The fraction of sp³-hybridized carbons (Fsp3) is 0.300. The zero-order valence-corrected chi connectivity index (χ0v) is 20.2. The van der Waals surface area contributed by atoms with Crippen LogP contribution in [0.2, 0.25) is 0 Å². The molecular weight excluding hydrogens is 451 g/mol. The van der Waals surface area contributed by atoms with Crippen LogP contribution >= 0.6 is 0 Å². The lowest BCUT2D eigenvalue weighted by atomic mass is 9.55. The van der Waals surface area contributed by atoms with Crippen molar-refractivity contribution >= 4 is 16.7 Å². The second-order valence-corrected chi connectivity index (χ2v) is 10.2. The first-order valence-corrected chi connectivity index (χ1v) is 12.3. The standard InChI is InChI=1S/C30H25FN4O/c1-17-22-13-12-21-26(20-9-4-6-10-23(20)31)34-29(19-14-15-33-24-11-7-5-8-18(19)24)35-28(21)30(22,2)16-25(32-3)27(17)36/h4-11,14-15,17,22,25H,12-13,16H2,1-2H3/t17-,22+,25?,30-/m1/s1. The quantitative estimate of drug-likeness (QED) is 0.323. The number of rotatable bonds is 2. The maximum atomic E-state index is 15.1. The van der Waals surface area contributed by atoms with Crippen molar-refractivity contribution in [3.8, 4) is 22.6 Å². The zero-order chi connectivity index (χ0) is 25.0. The second kappa shape index (κ2) is 8.30. The van der Waals surface area contributed by atoms with Gasteiger partial charge in [0, 0.05) is 46.0 Å². The summed E-state index contributed by atoms with van der Waals surface area (Å²) in [7, 11) is 0. The average molecular weight is 477 g/mol. The molecule has 6 heteroatoms. The van der Waals surface area contributed by atoms with Crippen LogP contribution in [0.5, 0.6) is 0 Å². The van der Waals surface area contributed by atoms with Crippen molar-refractivity contribution in [2.75, 3.05) is 0 Å². The number of halogens is 1. The Bertz CT molecular complexity index is 1570. The highest BCUT2D eigenvalue weighted by Crippen LogP contribution is 2.52. The summed E-state index contributed by atoms with van der Waals surface area (Å²) in [5, 5.41) is 0.920. The van der Waals surface area contributed by atoms with Gasteiger partial charge in [-0.3, -0.25) is 9.78 Å². The minimum atomic E-state index is -0.690. The maximum absolute atomic E-state index is 15.1. The van der Waals surface area contributed by atoms with Crippen molar-refractivity contribution in [3.63, 3.8) is 0 Å². The minimum Gasteiger partial charge on any atom is -0.305 e. The molecule has 0 radical (unpaired) electrons. The van der Waals surface area contributed by atoms with E-state index >= 15 is 4.39 Å². The lowest BCUT2D eigenvalue weighted by Crippen LogP contribution is -2.52. The predicted molar refractivity (Wildman–Crippen MR) is 137 cm³/mol. The number of Topliss-reactive ketones (excluding diaryl/α,β-unsaturated/α-hetero) is 1. The van der Waals surface area contributed by atoms with Crippen LogP contribution in [0.1, 0.15) is 37.9 Å². The van der Waals surface area contributed by atoms with Crippen LogP contribution in [0.15, 0.2) is 60.8 Å². The minimum absolute atomic E-state index is 0.0275. The molecule has 4 aromatic rings. The number of nitrogens with zero attached hydrogens (tertiary/aromatic N) is 4. The molecule has 1 fully saturated rings. The van der Waals surface area contributed by atoms with Gasteiger partial charge in [-0.1, -0.05) is 44.2 Å². The van der Waals surface area contributed by atoms with Crippen molar-refractivity contribution in [2.24, 2.45) is 11.8 Å². The van der Waals surface area contributed by atoms with E-state index in [1.807, 2.05) is 43.3 Å². The molecular formula is C30H25FN4O. The highest BCUT2D eigenvalue weighted by Gasteiger charge is 2.55. The van der Waals surface area contributed by atoms with Gasteiger partial charge in [0.25, 0.3) is 6.04 Å². The summed E-state index contributed by atoms with van der Waals surface area (Å²) >= 11 is 0. The van der Waals surface area contributed by atoms with Gasteiger partial charge in [-0.15, -0.1) is 0 Å². The van der Waals surface area contributed by atoms with Crippen LogP contribution in [0.3, 0.4) is 0 Å². The number of hydrogen-bond donors (Lipinski definition) is 0. The molecule has 0 saturated heterocycles. The molecule has 2 aliphatic rings. The highest BCUT2D eigenvalue weighted by atomic mass is 19.1. The Morgan fingerprint density at radius 2 is 1.83 bits per heavy atom. The Morgan fingerprint density at radius 1 is 1.06 bits per heavy atom. The van der Waals surface area contributed by atoms with Gasteiger partial charge in [0.2, 0.25) is 5.78 Å². The summed E-state index contributed by atoms with van der Waals surface area (Å²) in [5.41, 5.74) is 3.97. The largest absolute Gasteiger partial charge is 0.305 e. The van der Waals surface area contributed by atoms with Gasteiger partial charge in [-0.05, 0) is 43.0 Å². The fourth-order valence-corrected chi connectivity index (χ4v) is 6.44. The third-order valence-corrected chi connectivity index (χ3v) is 8.24. The summed E-state index contributed by atoms with van der Waals surface area (Å²) in [5.74, 6) is 0.0486. The molecule has 178 valence electrons. The lowest BCUT2D eigenvalue weighted by molar-refractivity contribution is -0.129. The van der Waals surface area contributed by atoms with Crippen molar-refractivity contribution in [1.82, 2.24) is 15.0 Å². The average Bonchev–Trinajstić information content (AvgIpc) is 2.90. The lowest BCUT2D eigenvalue weighted by Gasteiger charge is -2.47. The molecule has 5 nitrogen and oxygen atoms in total. The van der Waals surface area contributed by atoms with E-state index in [1.54, 1.807) is 18.3 Å². The molecule has 0 amide bonds. The number of fused-ring (bicyclic) bond motifs is 4. The summed E-state index contributed by atoms with van der Waals surface area (Å²) in [4.78, 5) is 31.2. The van der Waals surface area contributed by atoms with Crippen LogP contribution in [-0.2, 0) is 16.6 Å². The number of ketones is 1. The van der Waals surface area contributed by atoms with E-state index in [9.17, 15) is 4.79 Å². The van der Waals surface area contributed by atoms with E-state index in [0.29, 0.717) is 29.9 Å². The Morgan fingerprint density at radius 3 is 2.64 bits per heavy atom. The van der Waals surface area contributed by atoms with Gasteiger partial charge in [-0.25, -0.2) is 20.9 Å². The molecule has 4 atom stereocenters. The number of hydrogen-bond acceptors (Lipinski definition) is 4. The molecule has 36 heavy (non-hydrogen) atoms. The Balaban J connectivity index is 1.66. The number of para-hydroxylation sites is 1. The molecule has 2 aromatic heterocycles. The Hall–Kier alpha value is -3.98. The zero-order valence-electron chi connectivity index (χ0n) is 20.2. The van der Waals surface area contributed by atoms with Crippen LogP contribution in [0.4, 0.5) is 4.39 Å². The van der Waals surface area contributed by atoms with Crippen molar-refractivity contribution in [1.29, 1.82) is 0 Å². The van der Waals surface area contributed by atoms with Crippen molar-refractivity contribution in [2.45, 2.75) is 44.6 Å². The molecule has 2 heterocycles. The third kappa shape index (κ3) is 3.26. The van der Waals surface area contributed by atoms with E-state index in [-0.39, 0.29) is 23.4 Å². The Labute approximate surface area is 209 Å². The van der Waals surface area contributed by atoms with E-state index in [2.05, 4.69) is 16.8 Å². The van der Waals surface area contributed by atoms with Gasteiger partial charge in [0.1, 0.15) is 5.82 Å². The van der Waals surface area contributed by atoms with E-state index < -0.39 is 11.5 Å². The molecule has 2 aliphatic carbocycles. The molecule has 6 rings (SSSR count). The van der Waals surface area contributed by atoms with Crippen molar-refractivity contribution < 1.29 is 9.18 Å². The van der Waals surface area contributed by atoms with Crippen molar-refractivity contribution in [3.05, 3.63) is 89.3 Å². The first-order chi connectivity index (χ1) is 17.4. The molecule has 0 N–H and O–H groups in total. The van der Waals surface area contributed by atoms with Crippen LogP contribution in [-0.4, -0.2) is 26.8 Å².